The van der Waals surface area contributed by atoms with E-state index in [9.17, 15) is 8.42 Å². The Morgan fingerprint density at radius 1 is 1.73 bits per heavy atom. The van der Waals surface area contributed by atoms with Crippen LogP contribution in [0.5, 0.6) is 0 Å². The first kappa shape index (κ1) is 8.61. The van der Waals surface area contributed by atoms with Crippen LogP contribution in [0.15, 0.2) is 16.2 Å². The molecule has 6 heteroatoms. The molecule has 0 saturated carbocycles. The molecule has 0 unspecified atom stereocenters. The van der Waals surface area contributed by atoms with E-state index in [-0.39, 0.29) is 10.9 Å². The lowest BCUT2D eigenvalue weighted by molar-refractivity contribution is 0.615. The van der Waals surface area contributed by atoms with E-state index < -0.39 is 9.84 Å². The molecule has 0 atom stereocenters. The SMILES string of the molecule is CSCC1=NC(N)=CS1(=O)=O. The Morgan fingerprint density at radius 3 is 2.73 bits per heavy atom. The molecule has 2 N–H and O–H groups in total. The molecule has 0 bridgehead atoms. The second-order valence-electron chi connectivity index (χ2n) is 2.03. The molecule has 0 aromatic rings. The first-order chi connectivity index (χ1) is 5.06. The highest BCUT2D eigenvalue weighted by Crippen LogP contribution is 2.13. The lowest BCUT2D eigenvalue weighted by Crippen LogP contribution is -2.10. The number of sulfone groups is 1. The van der Waals surface area contributed by atoms with Crippen molar-refractivity contribution in [2.75, 3.05) is 12.0 Å². The van der Waals surface area contributed by atoms with Crippen LogP contribution in [0.1, 0.15) is 0 Å². The third-order valence-electron chi connectivity index (χ3n) is 1.13. The van der Waals surface area contributed by atoms with Crippen molar-refractivity contribution in [3.8, 4) is 0 Å². The molecule has 0 amide bonds. The maximum Gasteiger partial charge on any atom is 0.217 e. The summed E-state index contributed by atoms with van der Waals surface area (Å²) in [6.45, 7) is 0. The van der Waals surface area contributed by atoms with Crippen molar-refractivity contribution >= 4 is 26.6 Å². The number of nitrogens with zero attached hydrogens (tertiary/aromatic N) is 1. The molecule has 0 saturated heterocycles. The fraction of sp³-hybridized carbons (Fsp3) is 0.400. The fourth-order valence-corrected chi connectivity index (χ4v) is 2.76. The van der Waals surface area contributed by atoms with Gasteiger partial charge in [-0.1, -0.05) is 0 Å². The van der Waals surface area contributed by atoms with E-state index in [0.29, 0.717) is 5.75 Å². The number of hydrogen-bond donors (Lipinski definition) is 1. The van der Waals surface area contributed by atoms with Crippen LogP contribution in [0.25, 0.3) is 0 Å². The Kier molecular flexibility index (Phi) is 2.24. The number of thioether (sulfide) groups is 1. The van der Waals surface area contributed by atoms with Crippen LogP contribution >= 0.6 is 11.8 Å². The molecule has 0 radical (unpaired) electrons. The lowest BCUT2D eigenvalue weighted by atomic mass is 10.8. The van der Waals surface area contributed by atoms with Gasteiger partial charge >= 0.3 is 0 Å². The van der Waals surface area contributed by atoms with Crippen LogP contribution in [0.3, 0.4) is 0 Å². The Balaban J connectivity index is 2.95. The summed E-state index contributed by atoms with van der Waals surface area (Å²) >= 11 is 1.40. The fourth-order valence-electron chi connectivity index (χ4n) is 0.699. The molecule has 1 aliphatic rings. The third-order valence-corrected chi connectivity index (χ3v) is 3.32. The second-order valence-corrected chi connectivity index (χ2v) is 4.69. The van der Waals surface area contributed by atoms with Crippen LogP contribution in [0.2, 0.25) is 0 Å². The third kappa shape index (κ3) is 1.75. The van der Waals surface area contributed by atoms with Crippen LogP contribution < -0.4 is 5.73 Å². The van der Waals surface area contributed by atoms with Gasteiger partial charge in [-0.05, 0) is 6.26 Å². The number of rotatable bonds is 2. The molecule has 1 rings (SSSR count). The second kappa shape index (κ2) is 2.86. The van der Waals surface area contributed by atoms with Gasteiger partial charge in [0.2, 0.25) is 9.84 Å². The highest BCUT2D eigenvalue weighted by molar-refractivity contribution is 8.12. The predicted molar refractivity (Wildman–Crippen MR) is 47.0 cm³/mol. The summed E-state index contributed by atoms with van der Waals surface area (Å²) in [6.07, 6.45) is 1.81. The average molecular weight is 192 g/mol. The molecular formula is C5H8N2O2S2. The summed E-state index contributed by atoms with van der Waals surface area (Å²) in [5, 5.41) is 1.14. The van der Waals surface area contributed by atoms with Gasteiger partial charge in [-0.3, -0.25) is 0 Å². The zero-order valence-corrected chi connectivity index (χ0v) is 7.58. The van der Waals surface area contributed by atoms with Gasteiger partial charge in [0.1, 0.15) is 10.9 Å². The van der Waals surface area contributed by atoms with Gasteiger partial charge < -0.3 is 5.73 Å². The molecule has 0 aromatic heterocycles. The molecule has 0 aliphatic carbocycles. The van der Waals surface area contributed by atoms with Crippen molar-refractivity contribution in [3.63, 3.8) is 0 Å². The molecule has 11 heavy (non-hydrogen) atoms. The average Bonchev–Trinajstić information content (AvgIpc) is 2.07. The summed E-state index contributed by atoms with van der Waals surface area (Å²) < 4.78 is 22.1. The van der Waals surface area contributed by atoms with E-state index in [2.05, 4.69) is 4.99 Å². The Hall–Kier alpha value is -0.490. The van der Waals surface area contributed by atoms with E-state index in [1.807, 2.05) is 6.26 Å². The minimum absolute atomic E-state index is 0.0778. The van der Waals surface area contributed by atoms with Crippen molar-refractivity contribution in [1.29, 1.82) is 0 Å². The van der Waals surface area contributed by atoms with Crippen LogP contribution in [-0.2, 0) is 9.84 Å². The summed E-state index contributed by atoms with van der Waals surface area (Å²) in [5.74, 6) is 0.466. The molecule has 0 spiro atoms. The summed E-state index contributed by atoms with van der Waals surface area (Å²) in [6, 6.07) is 0. The predicted octanol–water partition coefficient (Wildman–Crippen LogP) is -0.0661. The van der Waals surface area contributed by atoms with Crippen LogP contribution in [0.4, 0.5) is 0 Å². The minimum atomic E-state index is -3.26. The summed E-state index contributed by atoms with van der Waals surface area (Å²) in [5.41, 5.74) is 5.22. The molecule has 4 nitrogen and oxygen atoms in total. The highest BCUT2D eigenvalue weighted by atomic mass is 32.2. The maximum absolute atomic E-state index is 11.1. The number of aliphatic imine (C=N–C) groups is 1. The molecular weight excluding hydrogens is 184 g/mol. The Bertz CT molecular complexity index is 315. The lowest BCUT2D eigenvalue weighted by Gasteiger charge is -1.93. The summed E-state index contributed by atoms with van der Waals surface area (Å²) in [7, 11) is -3.26. The molecule has 0 fully saturated rings. The molecule has 1 heterocycles. The summed E-state index contributed by atoms with van der Waals surface area (Å²) in [4.78, 5) is 3.68. The first-order valence-corrected chi connectivity index (χ1v) is 5.79. The van der Waals surface area contributed by atoms with E-state index >= 15 is 0 Å². The maximum atomic E-state index is 11.1. The van der Waals surface area contributed by atoms with Crippen molar-refractivity contribution in [1.82, 2.24) is 0 Å². The van der Waals surface area contributed by atoms with Gasteiger partial charge in [-0.2, -0.15) is 11.8 Å². The van der Waals surface area contributed by atoms with Crippen molar-refractivity contribution < 1.29 is 8.42 Å². The van der Waals surface area contributed by atoms with Gasteiger partial charge in [0.05, 0.1) is 5.41 Å². The number of nitrogens with two attached hydrogens (primary N) is 1. The quantitative estimate of drug-likeness (QED) is 0.665. The zero-order valence-electron chi connectivity index (χ0n) is 5.94. The normalized spacial score (nSPS) is 21.2. The van der Waals surface area contributed by atoms with E-state index in [1.54, 1.807) is 0 Å². The molecule has 1 aliphatic heterocycles. The van der Waals surface area contributed by atoms with Crippen molar-refractivity contribution in [2.45, 2.75) is 0 Å². The van der Waals surface area contributed by atoms with Gasteiger partial charge in [0.15, 0.2) is 0 Å². The Morgan fingerprint density at radius 2 is 2.36 bits per heavy atom. The van der Waals surface area contributed by atoms with Gasteiger partial charge in [0.25, 0.3) is 0 Å². The van der Waals surface area contributed by atoms with Gasteiger partial charge in [-0.15, -0.1) is 0 Å². The monoisotopic (exact) mass is 192 g/mol. The van der Waals surface area contributed by atoms with Gasteiger partial charge in [-0.25, -0.2) is 13.4 Å². The smallest absolute Gasteiger partial charge is 0.217 e. The largest absolute Gasteiger partial charge is 0.383 e. The Labute approximate surface area is 69.5 Å². The first-order valence-electron chi connectivity index (χ1n) is 2.85. The zero-order chi connectivity index (χ0) is 8.48. The highest BCUT2D eigenvalue weighted by Gasteiger charge is 2.22. The molecule has 62 valence electrons. The van der Waals surface area contributed by atoms with Crippen LogP contribution in [0, 0.1) is 0 Å². The topological polar surface area (TPSA) is 72.5 Å². The number of hydrogen-bond acceptors (Lipinski definition) is 5. The van der Waals surface area contributed by atoms with E-state index in [1.165, 1.54) is 11.8 Å². The minimum Gasteiger partial charge on any atom is -0.383 e. The van der Waals surface area contributed by atoms with Crippen molar-refractivity contribution in [2.24, 2.45) is 10.7 Å². The van der Waals surface area contributed by atoms with E-state index in [0.717, 1.165) is 5.41 Å². The van der Waals surface area contributed by atoms with Gasteiger partial charge in [0, 0.05) is 5.75 Å². The molecule has 0 aromatic carbocycles. The van der Waals surface area contributed by atoms with E-state index in [4.69, 9.17) is 5.73 Å². The van der Waals surface area contributed by atoms with Crippen molar-refractivity contribution in [3.05, 3.63) is 11.2 Å². The standard InChI is InChI=1S/C5H8N2O2S2/c1-10-2-5-7-4(6)3-11(5,8)9/h3H,2,6H2,1H3. The van der Waals surface area contributed by atoms with Crippen LogP contribution in [-0.4, -0.2) is 25.5 Å².